The molecule has 1 aliphatic heterocycles. The summed E-state index contributed by atoms with van der Waals surface area (Å²) in [7, 11) is 3.45. The van der Waals surface area contributed by atoms with Crippen LogP contribution < -0.4 is 9.25 Å². The molecule has 1 saturated heterocycles. The third-order valence-electron chi connectivity index (χ3n) is 3.35. The molecule has 2 aromatic rings. The predicted molar refractivity (Wildman–Crippen MR) is 99.5 cm³/mol. The fourth-order valence-electron chi connectivity index (χ4n) is 2.16. The van der Waals surface area contributed by atoms with Crippen molar-refractivity contribution in [2.45, 2.75) is 4.21 Å². The second-order valence-electron chi connectivity index (χ2n) is 4.90. The molecule has 1 fully saturated rings. The molecule has 1 aliphatic rings. The average Bonchev–Trinajstić information content (AvgIpc) is 3.02. The second-order valence-corrected chi connectivity index (χ2v) is 9.21. The summed E-state index contributed by atoms with van der Waals surface area (Å²) < 4.78 is 10.1. The van der Waals surface area contributed by atoms with Crippen molar-refractivity contribution in [3.05, 3.63) is 44.5 Å². The van der Waals surface area contributed by atoms with Crippen LogP contribution in [0.4, 0.5) is 0 Å². The molecule has 0 radical (unpaired) electrons. The number of hydrogen-bond acceptors (Lipinski definition) is 5. The molecule has 0 saturated carbocycles. The third kappa shape index (κ3) is 4.59. The van der Waals surface area contributed by atoms with Gasteiger partial charge in [-0.05, 0) is 28.5 Å². The Kier molecular flexibility index (Phi) is 6.18. The van der Waals surface area contributed by atoms with Gasteiger partial charge in [-0.1, -0.05) is 33.5 Å². The molecule has 0 spiro atoms. The van der Waals surface area contributed by atoms with Crippen molar-refractivity contribution in [2.24, 2.45) is 0 Å². The molecule has 0 aliphatic carbocycles. The van der Waals surface area contributed by atoms with Gasteiger partial charge < -0.3 is 4.74 Å². The molecule has 1 aromatic carbocycles. The molecule has 23 heavy (non-hydrogen) atoms. The molecular formula is C15H14Cl2NO2S3+. The Balaban J connectivity index is 1.66. The molecule has 0 unspecified atom stereocenters. The van der Waals surface area contributed by atoms with E-state index < -0.39 is 0 Å². The average molecular weight is 407 g/mol. The molecule has 8 heteroatoms. The van der Waals surface area contributed by atoms with Gasteiger partial charge in [0.25, 0.3) is 4.67 Å². The van der Waals surface area contributed by atoms with Crippen LogP contribution in [0.2, 0.25) is 10.0 Å². The van der Waals surface area contributed by atoms with E-state index in [1.165, 1.54) is 4.67 Å². The van der Waals surface area contributed by atoms with E-state index in [9.17, 15) is 4.79 Å². The topological polar surface area (TPSA) is 29.3 Å². The van der Waals surface area contributed by atoms with Crippen molar-refractivity contribution in [2.75, 3.05) is 32.1 Å². The van der Waals surface area contributed by atoms with Crippen molar-refractivity contribution in [3.8, 4) is 0 Å². The van der Waals surface area contributed by atoms with Crippen LogP contribution in [0.15, 0.2) is 28.5 Å². The number of ether oxygens (including phenoxy) is 1. The molecule has 0 N–H and O–H groups in total. The van der Waals surface area contributed by atoms with Gasteiger partial charge in [0.05, 0.1) is 15.0 Å². The fourth-order valence-corrected chi connectivity index (χ4v) is 6.44. The van der Waals surface area contributed by atoms with Gasteiger partial charge in [-0.25, -0.2) is 4.58 Å². The summed E-state index contributed by atoms with van der Waals surface area (Å²) in [6, 6.07) is 7.13. The smallest absolute Gasteiger partial charge is 0.268 e. The number of ketones is 1. The van der Waals surface area contributed by atoms with Crippen LogP contribution in [0, 0.1) is 0 Å². The highest BCUT2D eigenvalue weighted by atomic mass is 35.5. The lowest BCUT2D eigenvalue weighted by Crippen LogP contribution is -2.38. The lowest BCUT2D eigenvalue weighted by Gasteiger charge is -2.09. The van der Waals surface area contributed by atoms with E-state index in [0.29, 0.717) is 21.4 Å². The SMILES string of the molecule is O=C(CSc1cc(=[N+]2CCOCC2)ss1)c1ccc(Cl)cc1Cl. The number of nitrogens with zero attached hydrogens (tertiary/aromatic N) is 1. The Labute approximate surface area is 155 Å². The van der Waals surface area contributed by atoms with E-state index in [1.807, 2.05) is 0 Å². The molecule has 2 heterocycles. The maximum Gasteiger partial charge on any atom is 0.268 e. The van der Waals surface area contributed by atoms with E-state index in [2.05, 4.69) is 10.6 Å². The standard InChI is InChI=1S/C15H14Cl2NO2S3/c16-10-1-2-11(12(17)7-10)13(19)9-21-15-8-14(22-23-15)18-3-5-20-6-4-18/h1-2,7-8H,3-6,9H2/q+1. The Hall–Kier alpha value is -0.370. The van der Waals surface area contributed by atoms with Gasteiger partial charge in [0, 0.05) is 16.7 Å². The number of rotatable bonds is 4. The highest BCUT2D eigenvalue weighted by Gasteiger charge is 2.15. The van der Waals surface area contributed by atoms with Gasteiger partial charge in [0.2, 0.25) is 0 Å². The minimum absolute atomic E-state index is 0.0167. The predicted octanol–water partition coefficient (Wildman–Crippen LogP) is 3.89. The summed E-state index contributed by atoms with van der Waals surface area (Å²) >= 11 is 13.5. The molecule has 0 bridgehead atoms. The molecule has 0 amide bonds. The van der Waals surface area contributed by atoms with Crippen LogP contribution in [0.3, 0.4) is 0 Å². The van der Waals surface area contributed by atoms with Crippen LogP contribution in [0.5, 0.6) is 0 Å². The minimum atomic E-state index is 0.0167. The van der Waals surface area contributed by atoms with Crippen LogP contribution in [0.25, 0.3) is 0 Å². The van der Waals surface area contributed by atoms with Gasteiger partial charge in [-0.2, -0.15) is 0 Å². The van der Waals surface area contributed by atoms with Gasteiger partial charge in [0.1, 0.15) is 13.2 Å². The second kappa shape index (κ2) is 8.14. The summed E-state index contributed by atoms with van der Waals surface area (Å²) in [5, 5.41) is 0.945. The summed E-state index contributed by atoms with van der Waals surface area (Å²) in [5.41, 5.74) is 0.525. The largest absolute Gasteiger partial charge is 0.368 e. The number of Topliss-reactive ketones (excluding diaryl/α,β-unsaturated/α-hetero) is 1. The number of thioether (sulfide) groups is 1. The molecular weight excluding hydrogens is 393 g/mol. The number of carbonyl (C=O) groups is 1. The number of benzene rings is 1. The van der Waals surface area contributed by atoms with Crippen molar-refractivity contribution >= 4 is 61.4 Å². The van der Waals surface area contributed by atoms with Gasteiger partial charge >= 0.3 is 0 Å². The first-order chi connectivity index (χ1) is 11.1. The number of carbonyl (C=O) groups excluding carboxylic acids is 1. The van der Waals surface area contributed by atoms with E-state index in [4.69, 9.17) is 27.9 Å². The van der Waals surface area contributed by atoms with Crippen molar-refractivity contribution in [1.29, 1.82) is 0 Å². The summed E-state index contributed by atoms with van der Waals surface area (Å²) in [6.07, 6.45) is 0. The van der Waals surface area contributed by atoms with Crippen molar-refractivity contribution < 1.29 is 9.53 Å². The molecule has 3 nitrogen and oxygen atoms in total. The molecule has 1 aromatic heterocycles. The maximum absolute atomic E-state index is 12.3. The van der Waals surface area contributed by atoms with Gasteiger partial charge in [-0.15, -0.1) is 11.8 Å². The summed E-state index contributed by atoms with van der Waals surface area (Å²) in [4.78, 5) is 12.3. The van der Waals surface area contributed by atoms with Gasteiger partial charge in [-0.3, -0.25) is 4.79 Å². The minimum Gasteiger partial charge on any atom is -0.368 e. The van der Waals surface area contributed by atoms with Crippen molar-refractivity contribution in [1.82, 2.24) is 4.58 Å². The number of hydrogen-bond donors (Lipinski definition) is 0. The molecule has 0 atom stereocenters. The van der Waals surface area contributed by atoms with Crippen LogP contribution in [-0.4, -0.2) is 37.8 Å². The zero-order valence-electron chi connectivity index (χ0n) is 12.1. The monoisotopic (exact) mass is 406 g/mol. The summed E-state index contributed by atoms with van der Waals surface area (Å²) in [5.74, 6) is 0.389. The van der Waals surface area contributed by atoms with E-state index in [-0.39, 0.29) is 5.78 Å². The number of morpholine rings is 1. The quantitative estimate of drug-likeness (QED) is 0.333. The molecule has 3 rings (SSSR count). The van der Waals surface area contributed by atoms with Crippen LogP contribution >= 0.6 is 55.6 Å². The summed E-state index contributed by atoms with van der Waals surface area (Å²) in [6.45, 7) is 3.41. The highest BCUT2D eigenvalue weighted by Crippen LogP contribution is 2.27. The van der Waals surface area contributed by atoms with Gasteiger partial charge in [0.15, 0.2) is 18.9 Å². The van der Waals surface area contributed by atoms with E-state index in [0.717, 1.165) is 30.5 Å². The third-order valence-corrected chi connectivity index (χ3v) is 7.84. The van der Waals surface area contributed by atoms with E-state index >= 15 is 0 Å². The fraction of sp³-hybridized carbons (Fsp3) is 0.333. The molecule has 122 valence electrons. The Morgan fingerprint density at radius 2 is 2.00 bits per heavy atom. The van der Waals surface area contributed by atoms with E-state index in [1.54, 1.807) is 50.6 Å². The maximum atomic E-state index is 12.3. The first kappa shape index (κ1) is 17.5. The Morgan fingerprint density at radius 1 is 1.22 bits per heavy atom. The number of halogens is 2. The first-order valence-electron chi connectivity index (χ1n) is 7.00. The zero-order chi connectivity index (χ0) is 16.2. The lowest BCUT2D eigenvalue weighted by atomic mass is 10.1. The van der Waals surface area contributed by atoms with Crippen LogP contribution in [0.1, 0.15) is 10.4 Å². The Bertz CT molecular complexity index is 777. The zero-order valence-corrected chi connectivity index (χ0v) is 16.1. The van der Waals surface area contributed by atoms with Crippen LogP contribution in [-0.2, 0) is 4.74 Å². The Morgan fingerprint density at radius 3 is 2.74 bits per heavy atom. The normalized spacial score (nSPS) is 15.0. The first-order valence-corrected chi connectivity index (χ1v) is 10.9. The highest BCUT2D eigenvalue weighted by molar-refractivity contribution is 8.03. The van der Waals surface area contributed by atoms with Crippen molar-refractivity contribution in [3.63, 3.8) is 0 Å². The lowest BCUT2D eigenvalue weighted by molar-refractivity contribution is 0.0971.